The lowest BCUT2D eigenvalue weighted by Gasteiger charge is -2.45. The van der Waals surface area contributed by atoms with Crippen molar-refractivity contribution in [1.29, 1.82) is 0 Å². The lowest BCUT2D eigenvalue weighted by atomic mass is 9.60. The number of rotatable bonds is 2. The van der Waals surface area contributed by atoms with Gasteiger partial charge in [-0.15, -0.1) is 0 Å². The van der Waals surface area contributed by atoms with E-state index in [4.69, 9.17) is 0 Å². The van der Waals surface area contributed by atoms with Crippen LogP contribution in [0.25, 0.3) is 0 Å². The maximum atomic E-state index is 11.4. The Balaban J connectivity index is 2.60. The molecular weight excluding hydrogens is 138 g/mol. The van der Waals surface area contributed by atoms with Gasteiger partial charge in [0.05, 0.1) is 0 Å². The molecule has 1 aliphatic rings. The van der Waals surface area contributed by atoms with Gasteiger partial charge in [-0.3, -0.25) is 4.79 Å². The molecule has 2 heteroatoms. The number of carbonyl (C=O) groups excluding carboxylic acids is 1. The van der Waals surface area contributed by atoms with Crippen molar-refractivity contribution in [1.82, 2.24) is 5.32 Å². The van der Waals surface area contributed by atoms with Crippen LogP contribution in [0.15, 0.2) is 0 Å². The van der Waals surface area contributed by atoms with E-state index in [1.165, 1.54) is 6.42 Å². The van der Waals surface area contributed by atoms with E-state index in [1.54, 1.807) is 7.05 Å². The second kappa shape index (κ2) is 2.84. The zero-order chi connectivity index (χ0) is 8.48. The van der Waals surface area contributed by atoms with Gasteiger partial charge in [0, 0.05) is 12.5 Å². The highest BCUT2D eigenvalue weighted by molar-refractivity contribution is 5.83. The molecule has 0 bridgehead atoms. The molecule has 0 aromatic rings. The Bertz CT molecular complexity index is 165. The van der Waals surface area contributed by atoms with Gasteiger partial charge in [-0.05, 0) is 18.8 Å². The minimum absolute atomic E-state index is 0.0521. The Morgan fingerprint density at radius 3 is 2.64 bits per heavy atom. The third kappa shape index (κ3) is 1.15. The zero-order valence-corrected chi connectivity index (χ0v) is 7.61. The summed E-state index contributed by atoms with van der Waals surface area (Å²) in [5.41, 5.74) is -0.0521. The predicted octanol–water partition coefficient (Wildman–Crippen LogP) is 1.56. The summed E-state index contributed by atoms with van der Waals surface area (Å²) in [5, 5.41) is 2.73. The van der Waals surface area contributed by atoms with Crippen molar-refractivity contribution < 1.29 is 4.79 Å². The van der Waals surface area contributed by atoms with E-state index < -0.39 is 0 Å². The van der Waals surface area contributed by atoms with Gasteiger partial charge in [-0.2, -0.15) is 0 Å². The van der Waals surface area contributed by atoms with Crippen molar-refractivity contribution in [3.05, 3.63) is 0 Å². The molecular formula is C9H17NO. The summed E-state index contributed by atoms with van der Waals surface area (Å²) >= 11 is 0. The fourth-order valence-electron chi connectivity index (χ4n) is 2.02. The highest BCUT2D eigenvalue weighted by Gasteiger charge is 2.46. The van der Waals surface area contributed by atoms with Gasteiger partial charge < -0.3 is 5.32 Å². The molecule has 2 atom stereocenters. The minimum atomic E-state index is -0.0521. The third-order valence-corrected chi connectivity index (χ3v) is 3.15. The Kier molecular flexibility index (Phi) is 2.21. The van der Waals surface area contributed by atoms with Crippen molar-refractivity contribution in [2.75, 3.05) is 7.05 Å². The quantitative estimate of drug-likeness (QED) is 0.644. The summed E-state index contributed by atoms with van der Waals surface area (Å²) in [4.78, 5) is 11.4. The topological polar surface area (TPSA) is 29.1 Å². The molecule has 0 heterocycles. The number of nitrogens with one attached hydrogen (secondary N) is 1. The van der Waals surface area contributed by atoms with Gasteiger partial charge in [0.1, 0.15) is 0 Å². The van der Waals surface area contributed by atoms with E-state index in [-0.39, 0.29) is 11.3 Å². The molecule has 1 N–H and O–H groups in total. The summed E-state index contributed by atoms with van der Waals surface area (Å²) in [6.07, 6.45) is 3.41. The molecule has 0 aromatic carbocycles. The van der Waals surface area contributed by atoms with Crippen molar-refractivity contribution in [3.8, 4) is 0 Å². The number of amides is 1. The molecule has 0 radical (unpaired) electrons. The molecule has 11 heavy (non-hydrogen) atoms. The highest BCUT2D eigenvalue weighted by atomic mass is 16.2. The maximum absolute atomic E-state index is 11.4. The van der Waals surface area contributed by atoms with Crippen LogP contribution in [0.5, 0.6) is 0 Å². The highest BCUT2D eigenvalue weighted by Crippen LogP contribution is 2.48. The Morgan fingerprint density at radius 2 is 2.36 bits per heavy atom. The first kappa shape index (κ1) is 8.57. The third-order valence-electron chi connectivity index (χ3n) is 3.15. The summed E-state index contributed by atoms with van der Waals surface area (Å²) in [7, 11) is 1.72. The van der Waals surface area contributed by atoms with E-state index >= 15 is 0 Å². The van der Waals surface area contributed by atoms with E-state index in [0.29, 0.717) is 5.92 Å². The predicted molar refractivity (Wildman–Crippen MR) is 45.2 cm³/mol. The maximum Gasteiger partial charge on any atom is 0.225 e. The summed E-state index contributed by atoms with van der Waals surface area (Å²) in [6, 6.07) is 0. The van der Waals surface area contributed by atoms with E-state index in [2.05, 4.69) is 19.2 Å². The monoisotopic (exact) mass is 155 g/mol. The molecule has 1 saturated carbocycles. The number of hydrogen-bond donors (Lipinski definition) is 1. The molecule has 1 aliphatic carbocycles. The molecule has 0 spiro atoms. The van der Waals surface area contributed by atoms with Crippen molar-refractivity contribution in [3.63, 3.8) is 0 Å². The summed E-state index contributed by atoms with van der Waals surface area (Å²) < 4.78 is 0. The standard InChI is InChI=1S/C9H17NO/c1-4-7-5-6-9(7,2)8(11)10-3/h7H,4-6H2,1-3H3,(H,10,11). The molecule has 2 nitrogen and oxygen atoms in total. The van der Waals surface area contributed by atoms with Crippen LogP contribution >= 0.6 is 0 Å². The Hall–Kier alpha value is -0.530. The van der Waals surface area contributed by atoms with Crippen LogP contribution in [0.4, 0.5) is 0 Å². The van der Waals surface area contributed by atoms with Crippen molar-refractivity contribution >= 4 is 5.91 Å². The fraction of sp³-hybridized carbons (Fsp3) is 0.889. The summed E-state index contributed by atoms with van der Waals surface area (Å²) in [5.74, 6) is 0.832. The van der Waals surface area contributed by atoms with Crippen LogP contribution in [0, 0.1) is 11.3 Å². The average Bonchev–Trinajstić information content (AvgIpc) is 2.00. The van der Waals surface area contributed by atoms with Crippen LogP contribution in [0.1, 0.15) is 33.1 Å². The van der Waals surface area contributed by atoms with Gasteiger partial charge in [0.2, 0.25) is 5.91 Å². The number of carbonyl (C=O) groups is 1. The first-order valence-electron chi connectivity index (χ1n) is 4.37. The fourth-order valence-corrected chi connectivity index (χ4v) is 2.02. The summed E-state index contributed by atoms with van der Waals surface area (Å²) in [6.45, 7) is 4.23. The van der Waals surface area contributed by atoms with Crippen LogP contribution in [-0.4, -0.2) is 13.0 Å². The normalized spacial score (nSPS) is 36.1. The second-order valence-electron chi connectivity index (χ2n) is 3.64. The lowest BCUT2D eigenvalue weighted by molar-refractivity contribution is -0.139. The van der Waals surface area contributed by atoms with Crippen LogP contribution in [-0.2, 0) is 4.79 Å². The zero-order valence-electron chi connectivity index (χ0n) is 7.61. The Morgan fingerprint density at radius 1 is 1.73 bits per heavy atom. The van der Waals surface area contributed by atoms with Crippen molar-refractivity contribution in [2.45, 2.75) is 33.1 Å². The largest absolute Gasteiger partial charge is 0.359 e. The van der Waals surface area contributed by atoms with Crippen LogP contribution in [0.2, 0.25) is 0 Å². The van der Waals surface area contributed by atoms with E-state index in [9.17, 15) is 4.79 Å². The second-order valence-corrected chi connectivity index (χ2v) is 3.64. The SMILES string of the molecule is CCC1CCC1(C)C(=O)NC. The molecule has 0 aliphatic heterocycles. The molecule has 0 aromatic heterocycles. The van der Waals surface area contributed by atoms with Gasteiger partial charge >= 0.3 is 0 Å². The molecule has 1 amide bonds. The van der Waals surface area contributed by atoms with E-state index in [0.717, 1.165) is 12.8 Å². The molecule has 64 valence electrons. The van der Waals surface area contributed by atoms with Crippen LogP contribution < -0.4 is 5.32 Å². The molecule has 2 unspecified atom stereocenters. The van der Waals surface area contributed by atoms with Crippen molar-refractivity contribution in [2.24, 2.45) is 11.3 Å². The van der Waals surface area contributed by atoms with Gasteiger partial charge in [-0.25, -0.2) is 0 Å². The molecule has 1 fully saturated rings. The van der Waals surface area contributed by atoms with Crippen LogP contribution in [0.3, 0.4) is 0 Å². The lowest BCUT2D eigenvalue weighted by Crippen LogP contribution is -2.48. The molecule has 0 saturated heterocycles. The van der Waals surface area contributed by atoms with E-state index in [1.807, 2.05) is 0 Å². The molecule has 1 rings (SSSR count). The van der Waals surface area contributed by atoms with Gasteiger partial charge in [0.15, 0.2) is 0 Å². The smallest absolute Gasteiger partial charge is 0.225 e. The first-order chi connectivity index (χ1) is 5.15. The average molecular weight is 155 g/mol. The minimum Gasteiger partial charge on any atom is -0.359 e. The number of hydrogen-bond acceptors (Lipinski definition) is 1. The van der Waals surface area contributed by atoms with Gasteiger partial charge in [-0.1, -0.05) is 20.3 Å². The van der Waals surface area contributed by atoms with Gasteiger partial charge in [0.25, 0.3) is 0 Å². The Labute approximate surface area is 68.4 Å². The first-order valence-corrected chi connectivity index (χ1v) is 4.37.